The third kappa shape index (κ3) is 8.87. The first-order valence-electron chi connectivity index (χ1n) is 10.2. The highest BCUT2D eigenvalue weighted by atomic mass is 32.1. The molecule has 0 fully saturated rings. The smallest absolute Gasteiger partial charge is 0.221 e. The number of benzene rings is 1. The summed E-state index contributed by atoms with van der Waals surface area (Å²) in [6.45, 7) is 4.66. The minimum atomic E-state index is -0.255. The highest BCUT2D eigenvalue weighted by molar-refractivity contribution is 7.09. The van der Waals surface area contributed by atoms with E-state index in [0.29, 0.717) is 38.4 Å². The highest BCUT2D eigenvalue weighted by Crippen LogP contribution is 2.19. The van der Waals surface area contributed by atoms with E-state index in [1.807, 2.05) is 4.90 Å². The molecule has 2 rings (SSSR count). The molecule has 1 heterocycles. The molecule has 160 valence electrons. The van der Waals surface area contributed by atoms with Gasteiger partial charge in [0.2, 0.25) is 11.0 Å². The number of unbranched alkanes of at least 4 members (excludes halogenated alkanes) is 3. The van der Waals surface area contributed by atoms with Crippen molar-refractivity contribution in [2.75, 3.05) is 38.3 Å². The lowest BCUT2D eigenvalue weighted by Crippen LogP contribution is -2.33. The van der Waals surface area contributed by atoms with Crippen molar-refractivity contribution < 1.29 is 13.9 Å². The number of carbonyl (C=O) groups excluding carboxylic acids is 1. The van der Waals surface area contributed by atoms with E-state index in [1.165, 1.54) is 36.5 Å². The van der Waals surface area contributed by atoms with Gasteiger partial charge in [-0.1, -0.05) is 38.3 Å². The van der Waals surface area contributed by atoms with Crippen LogP contribution in [0.1, 0.15) is 50.4 Å². The fourth-order valence-corrected chi connectivity index (χ4v) is 3.58. The largest absolute Gasteiger partial charge is 0.383 e. The number of nitrogens with zero attached hydrogens (tertiary/aromatic N) is 3. The number of methoxy groups -OCH3 is 1. The molecule has 6 nitrogen and oxygen atoms in total. The molecule has 1 N–H and O–H groups in total. The van der Waals surface area contributed by atoms with Crippen LogP contribution in [0, 0.1) is 5.82 Å². The molecule has 1 aromatic carbocycles. The number of ether oxygens (including phenoxy) is 1. The van der Waals surface area contributed by atoms with Crippen LogP contribution in [0.2, 0.25) is 0 Å². The van der Waals surface area contributed by atoms with Crippen molar-refractivity contribution in [2.24, 2.45) is 0 Å². The molecule has 0 aliphatic heterocycles. The molecule has 0 saturated carbocycles. The summed E-state index contributed by atoms with van der Waals surface area (Å²) in [6, 6.07) is 6.36. The van der Waals surface area contributed by atoms with Gasteiger partial charge in [-0.2, -0.15) is 4.37 Å². The second kappa shape index (κ2) is 13.2. The lowest BCUT2D eigenvalue weighted by atomic mass is 10.1. The second-order valence-corrected chi connectivity index (χ2v) is 7.67. The molecule has 2 aromatic rings. The minimum absolute atomic E-state index is 0.0555. The van der Waals surface area contributed by atoms with E-state index in [4.69, 9.17) is 4.74 Å². The van der Waals surface area contributed by atoms with Gasteiger partial charge in [-0.05, 0) is 24.1 Å². The van der Waals surface area contributed by atoms with Gasteiger partial charge in [0.25, 0.3) is 0 Å². The predicted molar refractivity (Wildman–Crippen MR) is 115 cm³/mol. The first-order chi connectivity index (χ1) is 14.1. The van der Waals surface area contributed by atoms with Gasteiger partial charge in [-0.15, -0.1) is 0 Å². The topological polar surface area (TPSA) is 67.4 Å². The molecule has 0 aliphatic rings. The monoisotopic (exact) mass is 422 g/mol. The van der Waals surface area contributed by atoms with Crippen molar-refractivity contribution >= 4 is 22.6 Å². The molecule has 0 atom stereocenters. The van der Waals surface area contributed by atoms with Crippen LogP contribution in [0.3, 0.4) is 0 Å². The molecule has 0 bridgehead atoms. The third-order valence-corrected chi connectivity index (χ3v) is 5.34. The van der Waals surface area contributed by atoms with Crippen LogP contribution >= 0.6 is 11.5 Å². The average molecular weight is 423 g/mol. The van der Waals surface area contributed by atoms with Crippen LogP contribution in [0.4, 0.5) is 9.52 Å². The Morgan fingerprint density at radius 3 is 2.72 bits per heavy atom. The molecule has 0 spiro atoms. The maximum Gasteiger partial charge on any atom is 0.221 e. The number of hydrogen-bond acceptors (Lipinski definition) is 6. The van der Waals surface area contributed by atoms with Crippen molar-refractivity contribution in [1.82, 2.24) is 14.7 Å². The zero-order valence-electron chi connectivity index (χ0n) is 17.3. The Hall–Kier alpha value is -2.06. The zero-order valence-corrected chi connectivity index (χ0v) is 18.1. The fourth-order valence-electron chi connectivity index (χ4n) is 2.84. The Morgan fingerprint density at radius 2 is 2.00 bits per heavy atom. The van der Waals surface area contributed by atoms with Gasteiger partial charge < -0.3 is 15.0 Å². The van der Waals surface area contributed by atoms with E-state index in [9.17, 15) is 9.18 Å². The number of aromatic nitrogens is 2. The van der Waals surface area contributed by atoms with Crippen LogP contribution in [0.15, 0.2) is 24.3 Å². The molecule has 0 radical (unpaired) electrons. The molecular weight excluding hydrogens is 391 g/mol. The Labute approximate surface area is 176 Å². The van der Waals surface area contributed by atoms with Crippen molar-refractivity contribution in [2.45, 2.75) is 45.4 Å². The van der Waals surface area contributed by atoms with Gasteiger partial charge in [-0.3, -0.25) is 4.79 Å². The van der Waals surface area contributed by atoms with Crippen LogP contribution in [0.25, 0.3) is 0 Å². The zero-order chi connectivity index (χ0) is 20.9. The van der Waals surface area contributed by atoms with Gasteiger partial charge in [-0.25, -0.2) is 9.37 Å². The Balaban J connectivity index is 1.86. The van der Waals surface area contributed by atoms with E-state index in [-0.39, 0.29) is 11.7 Å². The molecule has 0 aliphatic carbocycles. The molecule has 0 saturated heterocycles. The van der Waals surface area contributed by atoms with E-state index in [2.05, 4.69) is 21.6 Å². The average Bonchev–Trinajstić information content (AvgIpc) is 3.18. The van der Waals surface area contributed by atoms with Gasteiger partial charge in [0, 0.05) is 51.1 Å². The summed E-state index contributed by atoms with van der Waals surface area (Å²) in [5.41, 5.74) is 0.960. The second-order valence-electron chi connectivity index (χ2n) is 6.94. The molecule has 1 amide bonds. The van der Waals surface area contributed by atoms with Gasteiger partial charge in [0.15, 0.2) is 0 Å². The molecular formula is C21H31FN4O2S. The number of amides is 1. The summed E-state index contributed by atoms with van der Waals surface area (Å²) in [4.78, 5) is 18.8. The maximum atomic E-state index is 13.1. The maximum absolute atomic E-state index is 13.1. The molecule has 8 heteroatoms. The van der Waals surface area contributed by atoms with E-state index in [1.54, 1.807) is 19.2 Å². The van der Waals surface area contributed by atoms with E-state index >= 15 is 0 Å². The Bertz CT molecular complexity index is 724. The van der Waals surface area contributed by atoms with Crippen molar-refractivity contribution in [1.29, 1.82) is 0 Å². The number of rotatable bonds is 14. The first kappa shape index (κ1) is 23.2. The summed E-state index contributed by atoms with van der Waals surface area (Å²) in [6.07, 6.45) is 5.53. The number of anilines is 1. The quantitative estimate of drug-likeness (QED) is 0.469. The Morgan fingerprint density at radius 1 is 1.21 bits per heavy atom. The molecule has 0 unspecified atom stereocenters. The first-order valence-corrected chi connectivity index (χ1v) is 11.0. The van der Waals surface area contributed by atoms with Crippen LogP contribution in [-0.2, 0) is 16.0 Å². The van der Waals surface area contributed by atoms with Gasteiger partial charge >= 0.3 is 0 Å². The number of halogens is 1. The summed E-state index contributed by atoms with van der Waals surface area (Å²) < 4.78 is 22.7. The standard InChI is InChI=1S/C21H31FN4O2S/c1-3-4-5-6-12-23-20(27)11-13-26(14-15-28-2)21-24-19(25-29-21)16-17-7-9-18(22)10-8-17/h7-10H,3-6,11-16H2,1-2H3,(H,23,27). The minimum Gasteiger partial charge on any atom is -0.383 e. The lowest BCUT2D eigenvalue weighted by molar-refractivity contribution is -0.120. The summed E-state index contributed by atoms with van der Waals surface area (Å²) in [7, 11) is 1.65. The number of hydrogen-bond donors (Lipinski definition) is 1. The summed E-state index contributed by atoms with van der Waals surface area (Å²) >= 11 is 1.31. The molecule has 29 heavy (non-hydrogen) atoms. The summed E-state index contributed by atoms with van der Waals surface area (Å²) in [5.74, 6) is 0.495. The van der Waals surface area contributed by atoms with Crippen LogP contribution < -0.4 is 10.2 Å². The SMILES string of the molecule is CCCCCCNC(=O)CCN(CCOC)c1nc(Cc2ccc(F)cc2)ns1. The van der Waals surface area contributed by atoms with Crippen LogP contribution in [-0.4, -0.2) is 48.6 Å². The predicted octanol–water partition coefficient (Wildman–Crippen LogP) is 3.81. The van der Waals surface area contributed by atoms with Gasteiger partial charge in [0.05, 0.1) is 6.61 Å². The number of carbonyl (C=O) groups is 1. The summed E-state index contributed by atoms with van der Waals surface area (Å²) in [5, 5.41) is 3.76. The Kier molecular flexibility index (Phi) is 10.6. The fraction of sp³-hybridized carbons (Fsp3) is 0.571. The normalized spacial score (nSPS) is 10.9. The van der Waals surface area contributed by atoms with Crippen molar-refractivity contribution in [3.8, 4) is 0 Å². The van der Waals surface area contributed by atoms with Gasteiger partial charge in [0.1, 0.15) is 11.6 Å². The van der Waals surface area contributed by atoms with Crippen molar-refractivity contribution in [3.05, 3.63) is 41.5 Å². The molecule has 1 aromatic heterocycles. The third-order valence-electron chi connectivity index (χ3n) is 4.53. The number of nitrogens with one attached hydrogen (secondary N) is 1. The highest BCUT2D eigenvalue weighted by Gasteiger charge is 2.14. The van der Waals surface area contributed by atoms with Crippen molar-refractivity contribution in [3.63, 3.8) is 0 Å². The van der Waals surface area contributed by atoms with E-state index < -0.39 is 0 Å². The van der Waals surface area contributed by atoms with Crippen LogP contribution in [0.5, 0.6) is 0 Å². The lowest BCUT2D eigenvalue weighted by Gasteiger charge is -2.20. The van der Waals surface area contributed by atoms with E-state index in [0.717, 1.165) is 30.1 Å².